The summed E-state index contributed by atoms with van der Waals surface area (Å²) in [4.78, 5) is 15.4. The highest BCUT2D eigenvalue weighted by Gasteiger charge is 2.28. The summed E-state index contributed by atoms with van der Waals surface area (Å²) >= 11 is 6.11. The molecular weight excluding hydrogens is 378 g/mol. The molecule has 158 valence electrons. The van der Waals surface area contributed by atoms with Crippen molar-refractivity contribution < 1.29 is 14.3 Å². The van der Waals surface area contributed by atoms with Crippen LogP contribution in [0.4, 0.5) is 5.69 Å². The number of carbonyl (C=O) groups is 1. The zero-order valence-corrected chi connectivity index (χ0v) is 18.1. The van der Waals surface area contributed by atoms with Crippen LogP contribution in [0.3, 0.4) is 0 Å². The van der Waals surface area contributed by atoms with Crippen LogP contribution >= 0.6 is 11.6 Å². The number of nitrogens with two attached hydrogens (primary N) is 1. The first kappa shape index (κ1) is 22.8. The van der Waals surface area contributed by atoms with Gasteiger partial charge in [0.05, 0.1) is 35.5 Å². The molecule has 0 aromatic heterocycles. The van der Waals surface area contributed by atoms with Gasteiger partial charge in [-0.15, -0.1) is 0 Å². The zero-order chi connectivity index (χ0) is 20.5. The summed E-state index contributed by atoms with van der Waals surface area (Å²) in [7, 11) is 3.22. The first-order valence-corrected chi connectivity index (χ1v) is 10.6. The molecule has 1 aromatic rings. The minimum Gasteiger partial charge on any atom is -0.496 e. The Morgan fingerprint density at radius 3 is 2.68 bits per heavy atom. The predicted molar refractivity (Wildman–Crippen MR) is 114 cm³/mol. The van der Waals surface area contributed by atoms with Gasteiger partial charge in [-0.25, -0.2) is 0 Å². The quantitative estimate of drug-likeness (QED) is 0.478. The van der Waals surface area contributed by atoms with E-state index in [2.05, 4.69) is 17.1 Å². The number of unbranched alkanes of at least 4 members (excludes halogenated alkanes) is 3. The van der Waals surface area contributed by atoms with Crippen LogP contribution in [0, 0.1) is 0 Å². The van der Waals surface area contributed by atoms with Gasteiger partial charge in [-0.1, -0.05) is 37.8 Å². The molecule has 6 nitrogen and oxygen atoms in total. The Morgan fingerprint density at radius 2 is 2.00 bits per heavy atom. The maximum absolute atomic E-state index is 12.9. The molecule has 2 atom stereocenters. The van der Waals surface area contributed by atoms with Crippen molar-refractivity contribution in [1.29, 1.82) is 0 Å². The van der Waals surface area contributed by atoms with E-state index in [1.54, 1.807) is 19.2 Å². The summed E-state index contributed by atoms with van der Waals surface area (Å²) in [5.74, 6) is 0.196. The maximum Gasteiger partial charge on any atom is 0.255 e. The molecule has 1 saturated heterocycles. The van der Waals surface area contributed by atoms with E-state index in [0.29, 0.717) is 22.0 Å². The van der Waals surface area contributed by atoms with Crippen LogP contribution in [0.5, 0.6) is 5.75 Å². The van der Waals surface area contributed by atoms with Gasteiger partial charge in [0.2, 0.25) is 0 Å². The fraction of sp³-hybridized carbons (Fsp3) is 0.667. The second-order valence-electron chi connectivity index (χ2n) is 7.41. The number of hydrogen-bond donors (Lipinski definition) is 2. The number of anilines is 1. The smallest absolute Gasteiger partial charge is 0.255 e. The molecule has 1 aromatic carbocycles. The Labute approximate surface area is 173 Å². The van der Waals surface area contributed by atoms with Crippen LogP contribution in [0.2, 0.25) is 5.02 Å². The van der Waals surface area contributed by atoms with Gasteiger partial charge >= 0.3 is 0 Å². The molecule has 2 unspecified atom stereocenters. The fourth-order valence-electron chi connectivity index (χ4n) is 3.72. The lowest BCUT2D eigenvalue weighted by Crippen LogP contribution is -2.44. The lowest BCUT2D eigenvalue weighted by atomic mass is 10.0. The molecule has 2 rings (SSSR count). The number of nitrogen functional groups attached to an aromatic ring is 1. The maximum atomic E-state index is 12.9. The minimum atomic E-state index is -0.220. The van der Waals surface area contributed by atoms with E-state index in [4.69, 9.17) is 26.8 Å². The van der Waals surface area contributed by atoms with Crippen LogP contribution in [0.15, 0.2) is 12.1 Å². The Bertz CT molecular complexity index is 642. The Hall–Kier alpha value is -1.50. The van der Waals surface area contributed by atoms with Gasteiger partial charge in [-0.3, -0.25) is 4.79 Å². The molecule has 0 saturated carbocycles. The van der Waals surface area contributed by atoms with E-state index in [1.807, 2.05) is 0 Å². The molecule has 1 amide bonds. The van der Waals surface area contributed by atoms with Crippen LogP contribution in [-0.4, -0.2) is 56.8 Å². The highest BCUT2D eigenvalue weighted by atomic mass is 35.5. The van der Waals surface area contributed by atoms with E-state index in [1.165, 1.54) is 32.8 Å². The molecule has 1 aliphatic heterocycles. The van der Waals surface area contributed by atoms with Gasteiger partial charge in [0.15, 0.2) is 0 Å². The van der Waals surface area contributed by atoms with E-state index in [0.717, 1.165) is 32.5 Å². The SMILES string of the molecule is CCCCCCN1CCC(NC(=O)c2cc(Cl)c(N)cc2OC)C(OC)CC1. The zero-order valence-electron chi connectivity index (χ0n) is 17.3. The van der Waals surface area contributed by atoms with E-state index in [-0.39, 0.29) is 18.1 Å². The Kier molecular flexibility index (Phi) is 9.35. The number of rotatable bonds is 9. The van der Waals surface area contributed by atoms with Gasteiger partial charge < -0.3 is 25.4 Å². The average Bonchev–Trinajstić information content (AvgIpc) is 2.88. The molecule has 1 aliphatic rings. The van der Waals surface area contributed by atoms with Gasteiger partial charge in [0.1, 0.15) is 5.75 Å². The lowest BCUT2D eigenvalue weighted by Gasteiger charge is -2.25. The number of benzene rings is 1. The Morgan fingerprint density at radius 1 is 1.25 bits per heavy atom. The number of amides is 1. The minimum absolute atomic E-state index is 0.0140. The van der Waals surface area contributed by atoms with Crippen LogP contribution in [0.1, 0.15) is 55.8 Å². The van der Waals surface area contributed by atoms with Crippen LogP contribution in [-0.2, 0) is 4.74 Å². The predicted octanol–water partition coefficient (Wildman–Crippen LogP) is 3.72. The normalized spacial score (nSPS) is 20.6. The second-order valence-corrected chi connectivity index (χ2v) is 7.81. The number of methoxy groups -OCH3 is 2. The van der Waals surface area contributed by atoms with Crippen molar-refractivity contribution in [3.8, 4) is 5.75 Å². The van der Waals surface area contributed by atoms with Crippen molar-refractivity contribution in [1.82, 2.24) is 10.2 Å². The molecule has 1 fully saturated rings. The number of halogens is 1. The summed E-state index contributed by atoms with van der Waals surface area (Å²) in [6.07, 6.45) is 6.78. The van der Waals surface area contributed by atoms with Crippen molar-refractivity contribution >= 4 is 23.2 Å². The summed E-state index contributed by atoms with van der Waals surface area (Å²) in [5.41, 5.74) is 6.59. The molecule has 0 spiro atoms. The number of nitrogens with one attached hydrogen (secondary N) is 1. The fourth-order valence-corrected chi connectivity index (χ4v) is 3.89. The second kappa shape index (κ2) is 11.5. The molecule has 7 heteroatoms. The average molecular weight is 412 g/mol. The van der Waals surface area contributed by atoms with Gasteiger partial charge in [-0.2, -0.15) is 0 Å². The van der Waals surface area contributed by atoms with Crippen LogP contribution in [0.25, 0.3) is 0 Å². The monoisotopic (exact) mass is 411 g/mol. The number of ether oxygens (including phenoxy) is 2. The van der Waals surface area contributed by atoms with E-state index in [9.17, 15) is 4.79 Å². The van der Waals surface area contributed by atoms with Crippen LogP contribution < -0.4 is 15.8 Å². The van der Waals surface area contributed by atoms with Crippen molar-refractivity contribution in [3.63, 3.8) is 0 Å². The highest BCUT2D eigenvalue weighted by Crippen LogP contribution is 2.29. The first-order chi connectivity index (χ1) is 13.5. The third kappa shape index (κ3) is 6.26. The van der Waals surface area contributed by atoms with Gasteiger partial charge in [0, 0.05) is 26.3 Å². The highest BCUT2D eigenvalue weighted by molar-refractivity contribution is 6.33. The summed E-state index contributed by atoms with van der Waals surface area (Å²) in [6, 6.07) is 3.08. The van der Waals surface area contributed by atoms with Crippen molar-refractivity contribution in [2.45, 2.75) is 57.6 Å². The number of carbonyl (C=O) groups excluding carboxylic acids is 1. The van der Waals surface area contributed by atoms with E-state index < -0.39 is 0 Å². The Balaban J connectivity index is 2.01. The number of likely N-dealkylation sites (tertiary alicyclic amines) is 1. The lowest BCUT2D eigenvalue weighted by molar-refractivity contribution is 0.0579. The molecular formula is C21H34ClN3O3. The van der Waals surface area contributed by atoms with E-state index >= 15 is 0 Å². The van der Waals surface area contributed by atoms with Crippen molar-refractivity contribution in [2.24, 2.45) is 0 Å². The third-order valence-corrected chi connectivity index (χ3v) is 5.77. The molecule has 0 radical (unpaired) electrons. The number of hydrogen-bond acceptors (Lipinski definition) is 5. The standard InChI is InChI=1S/C21H34ClN3O3/c1-4-5-6-7-10-25-11-8-18(19(27-2)9-12-25)24-21(26)15-13-16(22)17(23)14-20(15)28-3/h13-14,18-19H,4-12,23H2,1-3H3,(H,24,26). The summed E-state index contributed by atoms with van der Waals surface area (Å²) in [5, 5.41) is 3.47. The molecule has 0 bridgehead atoms. The van der Waals surface area contributed by atoms with Gasteiger partial charge in [-0.05, 0) is 31.9 Å². The topological polar surface area (TPSA) is 76.8 Å². The molecule has 28 heavy (non-hydrogen) atoms. The third-order valence-electron chi connectivity index (χ3n) is 5.45. The largest absolute Gasteiger partial charge is 0.496 e. The summed E-state index contributed by atoms with van der Waals surface area (Å²) < 4.78 is 11.0. The molecule has 1 heterocycles. The first-order valence-electron chi connectivity index (χ1n) is 10.2. The number of nitrogens with zero attached hydrogens (tertiary/aromatic N) is 1. The van der Waals surface area contributed by atoms with Crippen molar-refractivity contribution in [2.75, 3.05) is 39.6 Å². The van der Waals surface area contributed by atoms with Crippen molar-refractivity contribution in [3.05, 3.63) is 22.7 Å². The van der Waals surface area contributed by atoms with Gasteiger partial charge in [0.25, 0.3) is 5.91 Å². The molecule has 3 N–H and O–H groups in total. The summed E-state index contributed by atoms with van der Waals surface area (Å²) in [6.45, 7) is 5.29. The molecule has 0 aliphatic carbocycles.